The second-order valence-corrected chi connectivity index (χ2v) is 14.5. The van der Waals surface area contributed by atoms with Crippen molar-refractivity contribution in [2.24, 2.45) is 4.99 Å². The summed E-state index contributed by atoms with van der Waals surface area (Å²) in [6.45, 7) is 4.86. The van der Waals surface area contributed by atoms with Gasteiger partial charge < -0.3 is 5.32 Å². The number of aryl methyl sites for hydroxylation is 1. The molecule has 0 aromatic heterocycles. The van der Waals surface area contributed by atoms with Crippen LogP contribution in [0.3, 0.4) is 0 Å². The average Bonchev–Trinajstić information content (AvgIpc) is 3.25. The Morgan fingerprint density at radius 1 is 0.729 bits per heavy atom. The first-order chi connectivity index (χ1) is 23.5. The molecule has 0 saturated heterocycles. The van der Waals surface area contributed by atoms with Crippen molar-refractivity contribution in [1.29, 1.82) is 0 Å². The Bertz CT molecular complexity index is 2120. The van der Waals surface area contributed by atoms with Crippen molar-refractivity contribution < 1.29 is 0 Å². The first kappa shape index (κ1) is 29.2. The van der Waals surface area contributed by atoms with Gasteiger partial charge in [-0.1, -0.05) is 146 Å². The third-order valence-corrected chi connectivity index (χ3v) is 11.4. The number of hydrogen-bond donors (Lipinski definition) is 1. The van der Waals surface area contributed by atoms with Crippen molar-refractivity contribution in [2.75, 3.05) is 0 Å². The van der Waals surface area contributed by atoms with Gasteiger partial charge in [0.15, 0.2) is 0 Å². The van der Waals surface area contributed by atoms with Gasteiger partial charge in [0.1, 0.15) is 6.17 Å². The maximum Gasteiger partial charge on any atom is 0.145 e. The number of hydrogen-bond acceptors (Lipinski definition) is 2. The van der Waals surface area contributed by atoms with E-state index in [0.717, 1.165) is 29.8 Å². The second-order valence-electron chi connectivity index (χ2n) is 14.5. The number of aliphatic imine (C=N–C) groups is 1. The Morgan fingerprint density at radius 2 is 1.56 bits per heavy atom. The van der Waals surface area contributed by atoms with Crippen LogP contribution in [0, 0.1) is 0 Å². The van der Waals surface area contributed by atoms with E-state index in [2.05, 4.69) is 153 Å². The van der Waals surface area contributed by atoms with Crippen LogP contribution in [0.15, 0.2) is 161 Å². The molecule has 9 rings (SSSR count). The van der Waals surface area contributed by atoms with Crippen LogP contribution in [-0.2, 0) is 11.8 Å². The molecule has 4 aromatic carbocycles. The van der Waals surface area contributed by atoms with Gasteiger partial charge in [0.2, 0.25) is 0 Å². The number of nitrogens with zero attached hydrogens (tertiary/aromatic N) is 1. The zero-order valence-electron chi connectivity index (χ0n) is 27.9. The van der Waals surface area contributed by atoms with Gasteiger partial charge in [0, 0.05) is 28.5 Å². The van der Waals surface area contributed by atoms with Crippen LogP contribution in [0.5, 0.6) is 0 Å². The topological polar surface area (TPSA) is 24.4 Å². The summed E-state index contributed by atoms with van der Waals surface area (Å²) in [5.74, 6) is 0.789. The number of fused-ring (bicyclic) bond motifs is 7. The molecule has 2 heteroatoms. The molecular weight excluding hydrogens is 581 g/mol. The summed E-state index contributed by atoms with van der Waals surface area (Å²) < 4.78 is 0. The van der Waals surface area contributed by atoms with Crippen molar-refractivity contribution in [1.82, 2.24) is 5.32 Å². The molecule has 5 aliphatic rings. The van der Waals surface area contributed by atoms with Crippen molar-refractivity contribution in [2.45, 2.75) is 69.4 Å². The Kier molecular flexibility index (Phi) is 7.08. The largest absolute Gasteiger partial charge is 0.360 e. The van der Waals surface area contributed by atoms with E-state index in [0.29, 0.717) is 11.8 Å². The fourth-order valence-electron chi connectivity index (χ4n) is 8.96. The lowest BCUT2D eigenvalue weighted by Crippen LogP contribution is -2.26. The molecule has 48 heavy (non-hydrogen) atoms. The van der Waals surface area contributed by atoms with E-state index < -0.39 is 0 Å². The highest BCUT2D eigenvalue weighted by atomic mass is 15.1. The molecule has 0 amide bonds. The highest BCUT2D eigenvalue weighted by Crippen LogP contribution is 2.60. The molecule has 1 aliphatic heterocycles. The molecule has 4 aliphatic carbocycles. The fraction of sp³-hybridized carbons (Fsp3) is 0.239. The molecule has 3 atom stereocenters. The van der Waals surface area contributed by atoms with Crippen LogP contribution < -0.4 is 5.32 Å². The predicted molar refractivity (Wildman–Crippen MR) is 199 cm³/mol. The number of rotatable bonds is 4. The summed E-state index contributed by atoms with van der Waals surface area (Å²) in [5.41, 5.74) is 17.5. The number of allylic oxidation sites excluding steroid dienone is 8. The van der Waals surface area contributed by atoms with E-state index in [9.17, 15) is 0 Å². The zero-order chi connectivity index (χ0) is 32.2. The van der Waals surface area contributed by atoms with Crippen molar-refractivity contribution in [3.8, 4) is 11.1 Å². The monoisotopic (exact) mass is 622 g/mol. The summed E-state index contributed by atoms with van der Waals surface area (Å²) in [6, 6.07) is 36.1. The summed E-state index contributed by atoms with van der Waals surface area (Å²) >= 11 is 0. The second kappa shape index (κ2) is 11.6. The van der Waals surface area contributed by atoms with Crippen LogP contribution in [-0.4, -0.2) is 5.71 Å². The lowest BCUT2D eigenvalue weighted by molar-refractivity contribution is 0.570. The molecule has 3 unspecified atom stereocenters. The minimum absolute atomic E-state index is 0.00335. The molecule has 4 aromatic rings. The standard InChI is InChI=1S/C46H42N2/c1-46(2)39-25-24-35(28-38(39)44-40(46)26-23-32-19-11-18-30-13-9-10-22-37(30)43(32)44)34-20-12-21-36(27-34)42-29-41(31-14-5-3-6-15-31)47-45(48-42)33-16-7-4-8-17-33/h4-5,7-10,12-17,20-29,43-45,47H,3,6,11,18-19H2,1-2H3. The normalized spacial score (nSPS) is 23.5. The summed E-state index contributed by atoms with van der Waals surface area (Å²) in [5, 5.41) is 3.73. The Balaban J connectivity index is 1.13. The van der Waals surface area contributed by atoms with E-state index in [1.807, 2.05) is 0 Å². The minimum Gasteiger partial charge on any atom is -0.360 e. The van der Waals surface area contributed by atoms with Crippen molar-refractivity contribution >= 4 is 5.71 Å². The van der Waals surface area contributed by atoms with E-state index in [4.69, 9.17) is 4.99 Å². The smallest absolute Gasteiger partial charge is 0.145 e. The molecule has 1 heterocycles. The molecule has 0 fully saturated rings. The zero-order valence-corrected chi connectivity index (χ0v) is 27.9. The van der Waals surface area contributed by atoms with Crippen molar-refractivity contribution in [3.05, 3.63) is 189 Å². The maximum absolute atomic E-state index is 5.27. The first-order valence-electron chi connectivity index (χ1n) is 17.8. The van der Waals surface area contributed by atoms with Gasteiger partial charge >= 0.3 is 0 Å². The van der Waals surface area contributed by atoms with Crippen LogP contribution in [0.25, 0.3) is 11.1 Å². The Labute approximate surface area is 285 Å². The SMILES string of the molecule is CC1(C)C2=CC=C3CCCc4ccccc4C3C2c2cc(-c3cccc(C4=NC(c5ccccc5)NC(C5=CCCC=C5)=C4)c3)ccc21. The molecule has 1 N–H and O–H groups in total. The third kappa shape index (κ3) is 4.89. The number of benzene rings is 4. The maximum atomic E-state index is 5.27. The van der Waals surface area contributed by atoms with Gasteiger partial charge in [0.05, 0.1) is 5.71 Å². The summed E-state index contributed by atoms with van der Waals surface area (Å²) in [7, 11) is 0. The predicted octanol–water partition coefficient (Wildman–Crippen LogP) is 11.0. The molecule has 0 radical (unpaired) electrons. The highest BCUT2D eigenvalue weighted by Gasteiger charge is 2.47. The average molecular weight is 623 g/mol. The molecular formula is C46H42N2. The van der Waals surface area contributed by atoms with E-state index in [-0.39, 0.29) is 11.6 Å². The van der Waals surface area contributed by atoms with E-state index in [1.165, 1.54) is 63.8 Å². The fourth-order valence-corrected chi connectivity index (χ4v) is 8.96. The van der Waals surface area contributed by atoms with Gasteiger partial charge in [-0.2, -0.15) is 0 Å². The quantitative estimate of drug-likeness (QED) is 0.241. The third-order valence-electron chi connectivity index (χ3n) is 11.4. The van der Waals surface area contributed by atoms with Crippen molar-refractivity contribution in [3.63, 3.8) is 0 Å². The summed E-state index contributed by atoms with van der Waals surface area (Å²) in [6.07, 6.45) is 19.7. The van der Waals surface area contributed by atoms with Gasteiger partial charge in [-0.15, -0.1) is 0 Å². The first-order valence-corrected chi connectivity index (χ1v) is 17.8. The highest BCUT2D eigenvalue weighted by molar-refractivity contribution is 6.10. The molecule has 0 saturated carbocycles. The van der Waals surface area contributed by atoms with Crippen LogP contribution >= 0.6 is 0 Å². The van der Waals surface area contributed by atoms with Crippen LogP contribution in [0.1, 0.15) is 90.9 Å². The Morgan fingerprint density at radius 3 is 2.44 bits per heavy atom. The molecule has 0 bridgehead atoms. The summed E-state index contributed by atoms with van der Waals surface area (Å²) in [4.78, 5) is 5.27. The van der Waals surface area contributed by atoms with E-state index in [1.54, 1.807) is 11.1 Å². The van der Waals surface area contributed by atoms with Gasteiger partial charge in [-0.3, -0.25) is 4.99 Å². The van der Waals surface area contributed by atoms with E-state index >= 15 is 0 Å². The van der Waals surface area contributed by atoms with Crippen LogP contribution in [0.2, 0.25) is 0 Å². The Hall–Kier alpha value is -4.95. The van der Waals surface area contributed by atoms with Gasteiger partial charge in [-0.05, 0) is 88.8 Å². The van der Waals surface area contributed by atoms with Gasteiger partial charge in [0.25, 0.3) is 0 Å². The molecule has 236 valence electrons. The van der Waals surface area contributed by atoms with Crippen LogP contribution in [0.4, 0.5) is 0 Å². The lowest BCUT2D eigenvalue weighted by atomic mass is 9.69. The molecule has 0 spiro atoms. The minimum atomic E-state index is -0.135. The lowest BCUT2D eigenvalue weighted by Gasteiger charge is -2.34. The molecule has 2 nitrogen and oxygen atoms in total. The number of nitrogens with one attached hydrogen (secondary N) is 1. The van der Waals surface area contributed by atoms with Gasteiger partial charge in [-0.25, -0.2) is 0 Å².